The Balaban J connectivity index is 1.75. The first-order valence-electron chi connectivity index (χ1n) is 8.72. The van der Waals surface area contributed by atoms with E-state index in [1.165, 1.54) is 6.33 Å². The minimum Gasteiger partial charge on any atom is -0.362 e. The molecular formula is C18H21N5O2S. The molecule has 0 saturated carbocycles. The summed E-state index contributed by atoms with van der Waals surface area (Å²) < 4.78 is 24.9. The van der Waals surface area contributed by atoms with Gasteiger partial charge in [-0.2, -0.15) is 5.10 Å². The number of nitrogens with one attached hydrogen (secondary N) is 2. The van der Waals surface area contributed by atoms with Crippen molar-refractivity contribution >= 4 is 26.7 Å². The molecule has 7 nitrogen and oxygen atoms in total. The Labute approximate surface area is 152 Å². The molecule has 1 aliphatic heterocycles. The Kier molecular flexibility index (Phi) is 4.14. The van der Waals surface area contributed by atoms with Gasteiger partial charge in [0.15, 0.2) is 15.5 Å². The minimum absolute atomic E-state index is 0.0783. The average Bonchev–Trinajstić information content (AvgIpc) is 3.08. The zero-order valence-corrected chi connectivity index (χ0v) is 15.5. The van der Waals surface area contributed by atoms with E-state index < -0.39 is 9.84 Å². The molecule has 3 heterocycles. The third-order valence-corrected chi connectivity index (χ3v) is 6.73. The molecule has 0 bridgehead atoms. The average molecular weight is 371 g/mol. The van der Waals surface area contributed by atoms with Crippen molar-refractivity contribution in [2.75, 3.05) is 11.1 Å². The van der Waals surface area contributed by atoms with E-state index in [2.05, 4.69) is 39.3 Å². The lowest BCUT2D eigenvalue weighted by molar-refractivity contribution is 0.542. The molecule has 2 N–H and O–H groups in total. The zero-order chi connectivity index (χ0) is 18.3. The predicted octanol–water partition coefficient (Wildman–Crippen LogP) is 2.88. The van der Waals surface area contributed by atoms with Crippen LogP contribution in [-0.4, -0.2) is 34.3 Å². The van der Waals surface area contributed by atoms with Crippen LogP contribution < -0.4 is 5.32 Å². The number of aromatic amines is 1. The van der Waals surface area contributed by atoms with Crippen molar-refractivity contribution < 1.29 is 8.42 Å². The van der Waals surface area contributed by atoms with Crippen molar-refractivity contribution in [3.05, 3.63) is 41.9 Å². The molecule has 0 radical (unpaired) electrons. The SMILES string of the molecule is CC(C)[C@H](Nc1ncnc2[nH]ncc12)c1ccc2c(c1)S(=O)(=O)CCC2. The van der Waals surface area contributed by atoms with E-state index in [9.17, 15) is 8.42 Å². The monoisotopic (exact) mass is 371 g/mol. The zero-order valence-electron chi connectivity index (χ0n) is 14.7. The summed E-state index contributed by atoms with van der Waals surface area (Å²) in [5, 5.41) is 11.1. The van der Waals surface area contributed by atoms with Crippen LogP contribution in [0.2, 0.25) is 0 Å². The molecule has 8 heteroatoms. The van der Waals surface area contributed by atoms with E-state index in [1.807, 2.05) is 18.2 Å². The summed E-state index contributed by atoms with van der Waals surface area (Å²) in [5.41, 5.74) is 2.53. The van der Waals surface area contributed by atoms with Gasteiger partial charge in [0, 0.05) is 0 Å². The van der Waals surface area contributed by atoms with Gasteiger partial charge < -0.3 is 5.32 Å². The van der Waals surface area contributed by atoms with Crippen LogP contribution in [0, 0.1) is 5.92 Å². The van der Waals surface area contributed by atoms with Crippen molar-refractivity contribution in [2.45, 2.75) is 37.6 Å². The van der Waals surface area contributed by atoms with Crippen LogP contribution in [-0.2, 0) is 16.3 Å². The number of aromatic nitrogens is 4. The van der Waals surface area contributed by atoms with Gasteiger partial charge in [0.05, 0.1) is 28.3 Å². The van der Waals surface area contributed by atoms with Crippen LogP contribution in [0.3, 0.4) is 0 Å². The first kappa shape index (κ1) is 17.0. The molecule has 136 valence electrons. The van der Waals surface area contributed by atoms with Crippen molar-refractivity contribution in [3.63, 3.8) is 0 Å². The number of anilines is 1. The fourth-order valence-corrected chi connectivity index (χ4v) is 5.11. The lowest BCUT2D eigenvalue weighted by atomic mass is 9.94. The number of hydrogen-bond acceptors (Lipinski definition) is 6. The molecule has 0 aliphatic carbocycles. The standard InChI is InChI=1S/C18H21N5O2S/c1-11(2)16(22-17-14-9-21-23-18(14)20-10-19-17)13-6-5-12-4-3-7-26(24,25)15(12)8-13/h5-6,8-11,16H,3-4,7H2,1-2H3,(H2,19,20,21,22,23)/t16-/m0/s1. The number of benzene rings is 1. The van der Waals surface area contributed by atoms with E-state index in [1.54, 1.807) is 6.20 Å². The lowest BCUT2D eigenvalue weighted by Gasteiger charge is -2.26. The summed E-state index contributed by atoms with van der Waals surface area (Å²) in [7, 11) is -3.19. The second-order valence-corrected chi connectivity index (χ2v) is 9.09. The summed E-state index contributed by atoms with van der Waals surface area (Å²) >= 11 is 0. The van der Waals surface area contributed by atoms with Crippen molar-refractivity contribution in [2.24, 2.45) is 5.92 Å². The summed E-state index contributed by atoms with van der Waals surface area (Å²) in [4.78, 5) is 8.97. The van der Waals surface area contributed by atoms with Gasteiger partial charge in [-0.3, -0.25) is 5.10 Å². The molecular weight excluding hydrogens is 350 g/mol. The van der Waals surface area contributed by atoms with Crippen LogP contribution in [0.15, 0.2) is 35.6 Å². The number of rotatable bonds is 4. The highest BCUT2D eigenvalue weighted by Gasteiger charge is 2.26. The maximum atomic E-state index is 12.5. The van der Waals surface area contributed by atoms with Gasteiger partial charge in [-0.1, -0.05) is 26.0 Å². The minimum atomic E-state index is -3.19. The van der Waals surface area contributed by atoms with E-state index in [4.69, 9.17) is 0 Å². The first-order chi connectivity index (χ1) is 12.5. The van der Waals surface area contributed by atoms with Crippen LogP contribution >= 0.6 is 0 Å². The van der Waals surface area contributed by atoms with E-state index in [0.29, 0.717) is 22.8 Å². The normalized spacial score (nSPS) is 17.2. The summed E-state index contributed by atoms with van der Waals surface area (Å²) in [6.45, 7) is 4.19. The second kappa shape index (κ2) is 6.35. The van der Waals surface area contributed by atoms with Crippen molar-refractivity contribution in [1.29, 1.82) is 0 Å². The fraction of sp³-hybridized carbons (Fsp3) is 0.389. The third kappa shape index (κ3) is 2.94. The molecule has 0 amide bonds. The number of fused-ring (bicyclic) bond motifs is 2. The molecule has 1 aliphatic rings. The topological polar surface area (TPSA) is 101 Å². The van der Waals surface area contributed by atoms with Gasteiger partial charge in [0.1, 0.15) is 12.1 Å². The van der Waals surface area contributed by atoms with Crippen LogP contribution in [0.1, 0.15) is 37.4 Å². The quantitative estimate of drug-likeness (QED) is 0.731. The van der Waals surface area contributed by atoms with Crippen LogP contribution in [0.4, 0.5) is 5.82 Å². The smallest absolute Gasteiger partial charge is 0.178 e. The largest absolute Gasteiger partial charge is 0.362 e. The molecule has 0 unspecified atom stereocenters. The number of H-pyrrole nitrogens is 1. The molecule has 1 aromatic carbocycles. The highest BCUT2D eigenvalue weighted by molar-refractivity contribution is 7.91. The van der Waals surface area contributed by atoms with Crippen molar-refractivity contribution in [3.8, 4) is 0 Å². The Bertz CT molecular complexity index is 1060. The molecule has 0 spiro atoms. The second-order valence-electron chi connectivity index (χ2n) is 7.01. The van der Waals surface area contributed by atoms with Crippen LogP contribution in [0.25, 0.3) is 11.0 Å². The Morgan fingerprint density at radius 2 is 2.08 bits per heavy atom. The molecule has 26 heavy (non-hydrogen) atoms. The summed E-state index contributed by atoms with van der Waals surface area (Å²) in [6, 6.07) is 5.72. The van der Waals surface area contributed by atoms with Gasteiger partial charge in [0.25, 0.3) is 0 Å². The molecule has 2 aromatic heterocycles. The van der Waals surface area contributed by atoms with Gasteiger partial charge in [-0.15, -0.1) is 0 Å². The van der Waals surface area contributed by atoms with E-state index in [-0.39, 0.29) is 17.7 Å². The molecule has 1 atom stereocenters. The molecule has 0 fully saturated rings. The third-order valence-electron chi connectivity index (χ3n) is 4.85. The van der Waals surface area contributed by atoms with Gasteiger partial charge in [0.2, 0.25) is 0 Å². The Morgan fingerprint density at radius 1 is 1.23 bits per heavy atom. The molecule has 0 saturated heterocycles. The molecule has 3 aromatic rings. The highest BCUT2D eigenvalue weighted by Crippen LogP contribution is 2.33. The first-order valence-corrected chi connectivity index (χ1v) is 10.4. The highest BCUT2D eigenvalue weighted by atomic mass is 32.2. The van der Waals surface area contributed by atoms with Gasteiger partial charge in [-0.25, -0.2) is 18.4 Å². The maximum Gasteiger partial charge on any atom is 0.178 e. The van der Waals surface area contributed by atoms with Gasteiger partial charge in [-0.05, 0) is 36.0 Å². The van der Waals surface area contributed by atoms with Gasteiger partial charge >= 0.3 is 0 Å². The summed E-state index contributed by atoms with van der Waals surface area (Å²) in [6.07, 6.45) is 4.68. The number of hydrogen-bond donors (Lipinski definition) is 2. The van der Waals surface area contributed by atoms with Crippen LogP contribution in [0.5, 0.6) is 0 Å². The Morgan fingerprint density at radius 3 is 2.88 bits per heavy atom. The molecule has 4 rings (SSSR count). The number of nitrogens with zero attached hydrogens (tertiary/aromatic N) is 3. The lowest BCUT2D eigenvalue weighted by Crippen LogP contribution is -2.20. The van der Waals surface area contributed by atoms with E-state index in [0.717, 1.165) is 22.9 Å². The predicted molar refractivity (Wildman–Crippen MR) is 99.7 cm³/mol. The number of sulfone groups is 1. The fourth-order valence-electron chi connectivity index (χ4n) is 3.49. The Hall–Kier alpha value is -2.48. The summed E-state index contributed by atoms with van der Waals surface area (Å²) in [5.74, 6) is 1.14. The number of aryl methyl sites for hydroxylation is 1. The van der Waals surface area contributed by atoms with E-state index >= 15 is 0 Å². The maximum absolute atomic E-state index is 12.5. The van der Waals surface area contributed by atoms with Crippen molar-refractivity contribution in [1.82, 2.24) is 20.2 Å².